The topological polar surface area (TPSA) is 117 Å². The molecule has 0 radical (unpaired) electrons. The molecule has 4 N–H and O–H groups in total. The van der Waals surface area contributed by atoms with Gasteiger partial charge in [-0.3, -0.25) is 9.89 Å². The number of anilines is 1. The fourth-order valence-corrected chi connectivity index (χ4v) is 4.78. The van der Waals surface area contributed by atoms with Gasteiger partial charge in [0.2, 0.25) is 17.7 Å². The van der Waals surface area contributed by atoms with Crippen molar-refractivity contribution in [1.82, 2.24) is 10.2 Å². The summed E-state index contributed by atoms with van der Waals surface area (Å²) in [5, 5.41) is 19.9. The van der Waals surface area contributed by atoms with E-state index in [0.29, 0.717) is 32.5 Å². The Labute approximate surface area is 178 Å². The zero-order valence-electron chi connectivity index (χ0n) is 15.5. The van der Waals surface area contributed by atoms with E-state index in [1.807, 2.05) is 13.0 Å². The van der Waals surface area contributed by atoms with Crippen LogP contribution in [0.25, 0.3) is 11.3 Å². The molecule has 0 saturated heterocycles. The Kier molecular flexibility index (Phi) is 3.79. The first-order valence-corrected chi connectivity index (χ1v) is 9.72. The zero-order chi connectivity index (χ0) is 21.2. The number of H-pyrrole nitrogens is 1. The van der Waals surface area contributed by atoms with Crippen molar-refractivity contribution in [2.24, 2.45) is 5.73 Å². The molecule has 148 valence electrons. The second kappa shape index (κ2) is 6.18. The van der Waals surface area contributed by atoms with Crippen LogP contribution in [0.1, 0.15) is 16.7 Å². The number of carbonyl (C=O) groups excluding carboxylic acids is 1. The Hall–Kier alpha value is -3.64. The largest absolute Gasteiger partial charge is 0.420 e. The highest BCUT2D eigenvalue weighted by atomic mass is 79.9. The molecule has 2 aromatic carbocycles. The number of benzene rings is 2. The summed E-state index contributed by atoms with van der Waals surface area (Å²) in [5.74, 6) is -0.958. The number of aryl methyl sites for hydroxylation is 1. The van der Waals surface area contributed by atoms with Crippen LogP contribution < -0.4 is 15.8 Å². The summed E-state index contributed by atoms with van der Waals surface area (Å²) in [6.45, 7) is 1.89. The number of aromatic nitrogens is 2. The summed E-state index contributed by atoms with van der Waals surface area (Å²) in [7, 11) is 0. The van der Waals surface area contributed by atoms with E-state index in [4.69, 9.17) is 10.5 Å². The fraction of sp³-hybridized carbons (Fsp3) is 0.0952. The van der Waals surface area contributed by atoms with Crippen LogP contribution in [0.3, 0.4) is 0 Å². The van der Waals surface area contributed by atoms with Crippen molar-refractivity contribution in [3.05, 3.63) is 74.8 Å². The highest BCUT2D eigenvalue weighted by Gasteiger charge is 2.59. The lowest BCUT2D eigenvalue weighted by atomic mass is 9.68. The van der Waals surface area contributed by atoms with Crippen molar-refractivity contribution in [3.8, 4) is 23.2 Å². The van der Waals surface area contributed by atoms with E-state index in [9.17, 15) is 14.4 Å². The lowest BCUT2D eigenvalue weighted by Crippen LogP contribution is -2.42. The number of ether oxygens (including phenoxy) is 1. The molecule has 0 bridgehead atoms. The average Bonchev–Trinajstić information content (AvgIpc) is 3.26. The van der Waals surface area contributed by atoms with Crippen LogP contribution in [0, 0.1) is 24.1 Å². The molecule has 0 unspecified atom stereocenters. The Morgan fingerprint density at radius 3 is 2.67 bits per heavy atom. The lowest BCUT2D eigenvalue weighted by Gasteiger charge is -2.32. The van der Waals surface area contributed by atoms with E-state index in [2.05, 4.69) is 37.5 Å². The molecule has 9 heteroatoms. The van der Waals surface area contributed by atoms with Crippen molar-refractivity contribution >= 4 is 27.5 Å². The summed E-state index contributed by atoms with van der Waals surface area (Å²) in [6.07, 6.45) is 0. The van der Waals surface area contributed by atoms with Crippen molar-refractivity contribution < 1.29 is 13.9 Å². The molecular weight excluding hydrogens is 453 g/mol. The van der Waals surface area contributed by atoms with E-state index >= 15 is 0 Å². The molecular formula is C21H13BrFN5O2. The van der Waals surface area contributed by atoms with E-state index in [1.165, 1.54) is 12.1 Å². The Morgan fingerprint density at radius 1 is 1.23 bits per heavy atom. The third-order valence-electron chi connectivity index (χ3n) is 5.48. The number of aromatic amines is 1. The van der Waals surface area contributed by atoms with Gasteiger partial charge in [0.25, 0.3) is 0 Å². The summed E-state index contributed by atoms with van der Waals surface area (Å²) in [6, 6.07) is 11.4. The van der Waals surface area contributed by atoms with Gasteiger partial charge in [0.1, 0.15) is 22.9 Å². The van der Waals surface area contributed by atoms with Crippen LogP contribution >= 0.6 is 15.9 Å². The highest BCUT2D eigenvalue weighted by Crippen LogP contribution is 2.57. The first-order valence-electron chi connectivity index (χ1n) is 8.93. The molecule has 0 saturated carbocycles. The standard InChI is InChI=1S/C21H13BrFN5O2/c1-9-2-7-13-14(16(9)22)21(20(29)26-13)12(8-24)18(25)30-19-15(21)17(27-28-19)10-3-5-11(23)6-4-10/h2-7H,25H2,1H3,(H,26,29)(H,27,28)/t21-/m1/s1. The van der Waals surface area contributed by atoms with Gasteiger partial charge in [-0.2, -0.15) is 5.26 Å². The molecule has 1 aromatic heterocycles. The smallest absolute Gasteiger partial charge is 0.245 e. The van der Waals surface area contributed by atoms with Gasteiger partial charge in [-0.05, 0) is 42.8 Å². The predicted molar refractivity (Wildman–Crippen MR) is 110 cm³/mol. The number of nitriles is 1. The van der Waals surface area contributed by atoms with Gasteiger partial charge >= 0.3 is 0 Å². The van der Waals surface area contributed by atoms with Crippen LogP contribution in [0.5, 0.6) is 5.88 Å². The third kappa shape index (κ3) is 2.16. The van der Waals surface area contributed by atoms with E-state index in [0.717, 1.165) is 5.56 Å². The molecule has 2 aliphatic rings. The quantitative estimate of drug-likeness (QED) is 0.507. The number of nitrogens with one attached hydrogen (secondary N) is 2. The number of nitrogens with zero attached hydrogens (tertiary/aromatic N) is 2. The normalized spacial score (nSPS) is 19.2. The molecule has 1 spiro atoms. The van der Waals surface area contributed by atoms with Gasteiger partial charge in [0.05, 0.1) is 11.3 Å². The van der Waals surface area contributed by atoms with Gasteiger partial charge in [-0.25, -0.2) is 4.39 Å². The van der Waals surface area contributed by atoms with E-state index in [-0.39, 0.29) is 17.3 Å². The second-order valence-electron chi connectivity index (χ2n) is 7.06. The van der Waals surface area contributed by atoms with Crippen molar-refractivity contribution in [3.63, 3.8) is 0 Å². The summed E-state index contributed by atoms with van der Waals surface area (Å²) in [4.78, 5) is 13.6. The van der Waals surface area contributed by atoms with Gasteiger partial charge in [0, 0.05) is 21.3 Å². The predicted octanol–water partition coefficient (Wildman–Crippen LogP) is 3.61. The monoisotopic (exact) mass is 465 g/mol. The Morgan fingerprint density at radius 2 is 1.97 bits per heavy atom. The number of amides is 1. The number of hydrogen-bond acceptors (Lipinski definition) is 5. The molecule has 30 heavy (non-hydrogen) atoms. The summed E-state index contributed by atoms with van der Waals surface area (Å²) < 4.78 is 19.8. The van der Waals surface area contributed by atoms with Crippen molar-refractivity contribution in [1.29, 1.82) is 5.26 Å². The SMILES string of the molecule is Cc1ccc2c(c1Br)[C@]1(C(=O)N2)C(C#N)=C(N)Oc2n[nH]c(-c3ccc(F)cc3)c21. The highest BCUT2D eigenvalue weighted by molar-refractivity contribution is 9.10. The molecule has 0 aliphatic carbocycles. The first-order chi connectivity index (χ1) is 14.4. The molecule has 1 amide bonds. The van der Waals surface area contributed by atoms with Crippen LogP contribution in [0.2, 0.25) is 0 Å². The van der Waals surface area contributed by atoms with Crippen LogP contribution in [-0.2, 0) is 10.2 Å². The first kappa shape index (κ1) is 18.4. The number of carbonyl (C=O) groups is 1. The maximum atomic E-state index is 13.6. The minimum Gasteiger partial charge on any atom is -0.420 e. The summed E-state index contributed by atoms with van der Waals surface area (Å²) >= 11 is 3.59. The van der Waals surface area contributed by atoms with E-state index in [1.54, 1.807) is 18.2 Å². The van der Waals surface area contributed by atoms with Gasteiger partial charge in [0.15, 0.2) is 0 Å². The van der Waals surface area contributed by atoms with Crippen molar-refractivity contribution in [2.75, 3.05) is 5.32 Å². The second-order valence-corrected chi connectivity index (χ2v) is 7.85. The number of hydrogen-bond donors (Lipinski definition) is 3. The van der Waals surface area contributed by atoms with E-state index < -0.39 is 17.1 Å². The average molecular weight is 466 g/mol. The van der Waals surface area contributed by atoms with Gasteiger partial charge in [-0.1, -0.05) is 22.0 Å². The van der Waals surface area contributed by atoms with Gasteiger partial charge in [-0.15, -0.1) is 5.10 Å². The molecule has 5 rings (SSSR count). The van der Waals surface area contributed by atoms with Crippen LogP contribution in [0.4, 0.5) is 10.1 Å². The minimum absolute atomic E-state index is 0.0395. The Balaban J connectivity index is 1.93. The molecule has 3 aromatic rings. The minimum atomic E-state index is -1.58. The maximum absolute atomic E-state index is 13.6. The molecule has 2 aliphatic heterocycles. The van der Waals surface area contributed by atoms with Crippen LogP contribution in [0.15, 0.2) is 52.3 Å². The third-order valence-corrected chi connectivity index (χ3v) is 6.50. The number of nitrogens with two attached hydrogens (primary N) is 1. The lowest BCUT2D eigenvalue weighted by molar-refractivity contribution is -0.118. The molecule has 3 heterocycles. The zero-order valence-corrected chi connectivity index (χ0v) is 17.1. The molecule has 1 atom stereocenters. The van der Waals surface area contributed by atoms with Gasteiger partial charge < -0.3 is 15.8 Å². The van der Waals surface area contributed by atoms with Crippen LogP contribution in [-0.4, -0.2) is 16.1 Å². The number of fused-ring (bicyclic) bond motifs is 4. The Bertz CT molecular complexity index is 1320. The molecule has 7 nitrogen and oxygen atoms in total. The van der Waals surface area contributed by atoms with Crippen molar-refractivity contribution in [2.45, 2.75) is 12.3 Å². The maximum Gasteiger partial charge on any atom is 0.245 e. The number of halogens is 2. The molecule has 0 fully saturated rings. The number of rotatable bonds is 1. The fourth-order valence-electron chi connectivity index (χ4n) is 4.13. The summed E-state index contributed by atoms with van der Waals surface area (Å²) in [5.41, 5.74) is 7.80.